The molecule has 1 aromatic carbocycles. The number of hydrogen-bond acceptors (Lipinski definition) is 10. The minimum atomic E-state index is -0.709. The number of aliphatic hydroxyl groups excluding tert-OH is 1. The Morgan fingerprint density at radius 3 is 2.59 bits per heavy atom. The summed E-state index contributed by atoms with van der Waals surface area (Å²) in [6.07, 6.45) is 5.93. The van der Waals surface area contributed by atoms with Crippen LogP contribution in [-0.2, 0) is 0 Å². The van der Waals surface area contributed by atoms with Crippen LogP contribution in [0.3, 0.4) is 0 Å². The number of nitrogens with zero attached hydrogens (tertiary/aromatic N) is 4. The maximum atomic E-state index is 11.7. The fourth-order valence-electron chi connectivity index (χ4n) is 5.40. The van der Waals surface area contributed by atoms with E-state index in [0.29, 0.717) is 33.2 Å². The summed E-state index contributed by atoms with van der Waals surface area (Å²) in [5.41, 5.74) is 8.17. The summed E-state index contributed by atoms with van der Waals surface area (Å²) in [4.78, 5) is 26.9. The van der Waals surface area contributed by atoms with E-state index in [0.717, 1.165) is 42.4 Å². The Morgan fingerprint density at radius 2 is 1.90 bits per heavy atom. The molecule has 3 aromatic rings. The quantitative estimate of drug-likeness (QED) is 0.324. The summed E-state index contributed by atoms with van der Waals surface area (Å²) in [7, 11) is 0. The Hall–Kier alpha value is -2.57. The molecular weight excluding hydrogens is 532 g/mol. The third kappa shape index (κ3) is 6.60. The van der Waals surface area contributed by atoms with E-state index in [9.17, 15) is 9.90 Å². The van der Waals surface area contributed by atoms with E-state index >= 15 is 0 Å². The van der Waals surface area contributed by atoms with E-state index in [1.54, 1.807) is 18.2 Å². The Morgan fingerprint density at radius 1 is 1.15 bits per heavy atom. The molecule has 2 aliphatic rings. The fourth-order valence-corrected chi connectivity index (χ4v) is 7.24. The van der Waals surface area contributed by atoms with E-state index in [4.69, 9.17) is 20.4 Å². The third-order valence-electron chi connectivity index (χ3n) is 7.43. The predicted octanol–water partition coefficient (Wildman–Crippen LogP) is 5.15. The van der Waals surface area contributed by atoms with Crippen LogP contribution in [0.2, 0.25) is 0 Å². The molecule has 2 aromatic heterocycles. The summed E-state index contributed by atoms with van der Waals surface area (Å²) in [5.74, 6) is 0.116. The molecule has 210 valence electrons. The van der Waals surface area contributed by atoms with Gasteiger partial charge in [0.2, 0.25) is 5.91 Å². The number of carbonyl (C=O) groups is 1. The zero-order chi connectivity index (χ0) is 27.5. The summed E-state index contributed by atoms with van der Waals surface area (Å²) in [5, 5.41) is 17.8. The molecule has 5 rings (SSSR count). The van der Waals surface area contributed by atoms with Crippen molar-refractivity contribution in [2.45, 2.75) is 71.2 Å². The molecule has 1 unspecified atom stereocenters. The van der Waals surface area contributed by atoms with Gasteiger partial charge in [0.1, 0.15) is 10.8 Å². The molecule has 1 saturated carbocycles. The Kier molecular flexibility index (Phi) is 8.82. The van der Waals surface area contributed by atoms with Crippen molar-refractivity contribution in [2.24, 2.45) is 5.73 Å². The zero-order valence-corrected chi connectivity index (χ0v) is 24.5. The SMILES string of the molecule is Cc1nc(C(O)N2CCN(C3CCCCC3)CC2)sc1-c1csc(Nc2cc(C(N)=O)ccc2OC(C)C)n1. The maximum Gasteiger partial charge on any atom is 0.248 e. The lowest BCUT2D eigenvalue weighted by molar-refractivity contribution is -0.0374. The lowest BCUT2D eigenvalue weighted by atomic mass is 9.94. The molecule has 0 spiro atoms. The van der Waals surface area contributed by atoms with Gasteiger partial charge in [-0.15, -0.1) is 22.7 Å². The number of nitrogens with one attached hydrogen (secondary N) is 1. The van der Waals surface area contributed by atoms with Crippen molar-refractivity contribution in [2.75, 3.05) is 31.5 Å². The number of ether oxygens (including phenoxy) is 1. The van der Waals surface area contributed by atoms with Crippen molar-refractivity contribution >= 4 is 39.4 Å². The highest BCUT2D eigenvalue weighted by molar-refractivity contribution is 7.17. The van der Waals surface area contributed by atoms with Crippen LogP contribution in [-0.4, -0.2) is 69.1 Å². The van der Waals surface area contributed by atoms with Crippen LogP contribution in [0.15, 0.2) is 23.6 Å². The van der Waals surface area contributed by atoms with Crippen molar-refractivity contribution < 1.29 is 14.6 Å². The standard InChI is InChI=1S/C28H38N6O3S2/c1-17(2)37-23-10-9-19(25(29)35)15-21(23)31-28-32-22(16-38-28)24-18(3)30-26(39-24)27(36)34-13-11-33(12-14-34)20-7-5-4-6-8-20/h9-10,15-17,20,27,36H,4-8,11-14H2,1-3H3,(H2,29,35)(H,31,32). The van der Waals surface area contributed by atoms with Gasteiger partial charge in [0.25, 0.3) is 0 Å². The molecule has 1 aliphatic carbocycles. The molecule has 1 amide bonds. The number of amides is 1. The van der Waals surface area contributed by atoms with Crippen molar-refractivity contribution in [3.63, 3.8) is 0 Å². The number of benzene rings is 1. The molecular formula is C28H38N6O3S2. The van der Waals surface area contributed by atoms with Crippen LogP contribution < -0.4 is 15.8 Å². The number of piperazine rings is 1. The normalized spacial score (nSPS) is 18.4. The first kappa shape index (κ1) is 28.0. The first-order chi connectivity index (χ1) is 18.8. The average molecular weight is 571 g/mol. The van der Waals surface area contributed by atoms with E-state index < -0.39 is 12.1 Å². The van der Waals surface area contributed by atoms with Gasteiger partial charge in [0.05, 0.1) is 28.1 Å². The molecule has 4 N–H and O–H groups in total. The van der Waals surface area contributed by atoms with Crippen LogP contribution in [0.5, 0.6) is 5.75 Å². The van der Waals surface area contributed by atoms with Gasteiger partial charge in [0, 0.05) is 43.2 Å². The monoisotopic (exact) mass is 570 g/mol. The second-order valence-corrected chi connectivity index (χ2v) is 12.5. The number of aryl methyl sites for hydroxylation is 1. The van der Waals surface area contributed by atoms with Gasteiger partial charge in [-0.2, -0.15) is 0 Å². The molecule has 0 bridgehead atoms. The van der Waals surface area contributed by atoms with Gasteiger partial charge < -0.3 is 20.9 Å². The predicted molar refractivity (Wildman–Crippen MR) is 157 cm³/mol. The maximum absolute atomic E-state index is 11.7. The smallest absolute Gasteiger partial charge is 0.248 e. The van der Waals surface area contributed by atoms with Crippen LogP contribution in [0.25, 0.3) is 10.6 Å². The second kappa shape index (κ2) is 12.3. The summed E-state index contributed by atoms with van der Waals surface area (Å²) in [6.45, 7) is 9.55. The summed E-state index contributed by atoms with van der Waals surface area (Å²) < 4.78 is 5.91. The number of rotatable bonds is 9. The first-order valence-corrected chi connectivity index (χ1v) is 15.4. The molecule has 0 radical (unpaired) electrons. The van der Waals surface area contributed by atoms with Gasteiger partial charge in [-0.25, -0.2) is 9.97 Å². The van der Waals surface area contributed by atoms with Crippen LogP contribution in [0.4, 0.5) is 10.8 Å². The number of nitrogens with two attached hydrogens (primary N) is 1. The average Bonchev–Trinajstić information content (AvgIpc) is 3.55. The molecule has 2 fully saturated rings. The molecule has 1 saturated heterocycles. The largest absolute Gasteiger partial charge is 0.489 e. The molecule has 9 nitrogen and oxygen atoms in total. The second-order valence-electron chi connectivity index (χ2n) is 10.6. The highest BCUT2D eigenvalue weighted by atomic mass is 32.1. The van der Waals surface area contributed by atoms with Crippen LogP contribution in [0, 0.1) is 6.92 Å². The van der Waals surface area contributed by atoms with E-state index in [1.165, 1.54) is 54.8 Å². The first-order valence-electron chi connectivity index (χ1n) is 13.8. The number of aromatic nitrogens is 2. The van der Waals surface area contributed by atoms with E-state index in [2.05, 4.69) is 15.1 Å². The number of primary amides is 1. The summed E-state index contributed by atoms with van der Waals surface area (Å²) in [6, 6.07) is 5.79. The molecule has 39 heavy (non-hydrogen) atoms. The lowest BCUT2D eigenvalue weighted by Gasteiger charge is -2.41. The lowest BCUT2D eigenvalue weighted by Crippen LogP contribution is -2.51. The number of carbonyl (C=O) groups excluding carboxylic acids is 1. The van der Waals surface area contributed by atoms with Gasteiger partial charge >= 0.3 is 0 Å². The number of thiazole rings is 2. The molecule has 1 atom stereocenters. The minimum absolute atomic E-state index is 0.0308. The highest BCUT2D eigenvalue weighted by Gasteiger charge is 2.30. The fraction of sp³-hybridized carbons (Fsp3) is 0.536. The van der Waals surface area contributed by atoms with Gasteiger partial charge in [-0.1, -0.05) is 19.3 Å². The Bertz CT molecular complexity index is 1280. The van der Waals surface area contributed by atoms with Crippen molar-refractivity contribution in [1.82, 2.24) is 19.8 Å². The van der Waals surface area contributed by atoms with Gasteiger partial charge in [-0.05, 0) is 51.8 Å². The molecule has 3 heterocycles. The van der Waals surface area contributed by atoms with E-state index in [1.807, 2.05) is 26.2 Å². The van der Waals surface area contributed by atoms with Crippen LogP contribution >= 0.6 is 22.7 Å². The van der Waals surface area contributed by atoms with Gasteiger partial charge in [-0.3, -0.25) is 14.6 Å². The number of aliphatic hydroxyl groups is 1. The summed E-state index contributed by atoms with van der Waals surface area (Å²) >= 11 is 2.95. The topological polar surface area (TPSA) is 117 Å². The van der Waals surface area contributed by atoms with Crippen molar-refractivity contribution in [3.8, 4) is 16.3 Å². The zero-order valence-electron chi connectivity index (χ0n) is 22.9. The van der Waals surface area contributed by atoms with Crippen LogP contribution in [0.1, 0.15) is 73.2 Å². The Labute approximate surface area is 238 Å². The molecule has 11 heteroatoms. The van der Waals surface area contributed by atoms with E-state index in [-0.39, 0.29) is 6.10 Å². The Balaban J connectivity index is 1.27. The molecule has 1 aliphatic heterocycles. The minimum Gasteiger partial charge on any atom is -0.489 e. The highest BCUT2D eigenvalue weighted by Crippen LogP contribution is 2.37. The number of anilines is 2. The van der Waals surface area contributed by atoms with Gasteiger partial charge in [0.15, 0.2) is 11.4 Å². The van der Waals surface area contributed by atoms with Crippen molar-refractivity contribution in [3.05, 3.63) is 39.8 Å². The number of hydrogen-bond donors (Lipinski definition) is 3. The third-order valence-corrected chi connectivity index (χ3v) is 9.40. The van der Waals surface area contributed by atoms with Crippen molar-refractivity contribution in [1.29, 1.82) is 0 Å².